The summed E-state index contributed by atoms with van der Waals surface area (Å²) in [7, 11) is 3.72. The zero-order valence-corrected chi connectivity index (χ0v) is 19.4. The average Bonchev–Trinajstić information content (AvgIpc) is 3.30. The van der Waals surface area contributed by atoms with Gasteiger partial charge < -0.3 is 28.8 Å². The van der Waals surface area contributed by atoms with Crippen LogP contribution >= 0.6 is 15.9 Å². The Morgan fingerprint density at radius 3 is 2.24 bits per heavy atom. The van der Waals surface area contributed by atoms with Gasteiger partial charge in [-0.05, 0) is 52.3 Å². The van der Waals surface area contributed by atoms with Gasteiger partial charge in [0.15, 0.2) is 17.7 Å². The van der Waals surface area contributed by atoms with Crippen LogP contribution in [0.1, 0.15) is 0 Å². The van der Waals surface area contributed by atoms with Crippen molar-refractivity contribution >= 4 is 44.3 Å². The summed E-state index contributed by atoms with van der Waals surface area (Å²) in [5, 5.41) is 14.2. The molecule has 3 aromatic rings. The van der Waals surface area contributed by atoms with E-state index in [2.05, 4.69) is 20.7 Å². The molecule has 0 N–H and O–H groups in total. The van der Waals surface area contributed by atoms with Crippen molar-refractivity contribution in [1.82, 2.24) is 0 Å². The van der Waals surface area contributed by atoms with Gasteiger partial charge in [0.25, 0.3) is 5.70 Å². The lowest BCUT2D eigenvalue weighted by atomic mass is 10.0. The molecule has 4 rings (SSSR count). The van der Waals surface area contributed by atoms with Crippen molar-refractivity contribution in [2.24, 2.45) is 0 Å². The second-order valence-corrected chi connectivity index (χ2v) is 7.64. The number of nitrogens with zero attached hydrogens (tertiary/aromatic N) is 1. The van der Waals surface area contributed by atoms with Crippen molar-refractivity contribution in [3.05, 3.63) is 52.8 Å². The first-order valence-corrected chi connectivity index (χ1v) is 10.4. The van der Waals surface area contributed by atoms with Crippen LogP contribution in [-0.4, -0.2) is 40.1 Å². The summed E-state index contributed by atoms with van der Waals surface area (Å²) in [6.07, 6.45) is 1.55. The number of fused-ring (bicyclic) bond motifs is 2. The van der Waals surface area contributed by atoms with Crippen molar-refractivity contribution < 1.29 is 42.9 Å². The van der Waals surface area contributed by atoms with Gasteiger partial charge in [0.2, 0.25) is 12.5 Å². The van der Waals surface area contributed by atoms with E-state index in [0.717, 1.165) is 19.6 Å². The van der Waals surface area contributed by atoms with Gasteiger partial charge in [0, 0.05) is 10.9 Å². The maximum Gasteiger partial charge on any atom is 0.403 e. The van der Waals surface area contributed by atoms with Gasteiger partial charge in [-0.1, -0.05) is 0 Å². The van der Waals surface area contributed by atoms with E-state index in [1.54, 1.807) is 49.7 Å². The number of hydrogen-bond acceptors (Lipinski definition) is 8. The largest absolute Gasteiger partial charge is 0.863 e. The molecule has 0 unspecified atom stereocenters. The highest BCUT2D eigenvalue weighted by atomic mass is 79.9. The number of esters is 2. The summed E-state index contributed by atoms with van der Waals surface area (Å²) in [6.45, 7) is 0.0783. The first kappa shape index (κ1) is 22.4. The Morgan fingerprint density at radius 1 is 1.00 bits per heavy atom. The molecule has 2 aromatic carbocycles. The van der Waals surface area contributed by atoms with Crippen LogP contribution in [0.2, 0.25) is 0 Å². The number of aromatic nitrogens is 1. The highest BCUT2D eigenvalue weighted by Gasteiger charge is 2.33. The maximum atomic E-state index is 12.9. The minimum Gasteiger partial charge on any atom is -0.863 e. The number of ether oxygens (including phenoxy) is 5. The molecule has 9 nitrogen and oxygen atoms in total. The van der Waals surface area contributed by atoms with E-state index in [-0.39, 0.29) is 6.79 Å². The van der Waals surface area contributed by atoms with Crippen molar-refractivity contribution in [2.75, 3.05) is 28.1 Å². The van der Waals surface area contributed by atoms with Crippen LogP contribution in [0.25, 0.3) is 27.7 Å². The molecule has 170 valence electrons. The van der Waals surface area contributed by atoms with E-state index in [1.165, 1.54) is 4.57 Å². The van der Waals surface area contributed by atoms with Crippen molar-refractivity contribution in [1.29, 1.82) is 0 Å². The zero-order valence-electron chi connectivity index (χ0n) is 17.8. The first-order valence-electron chi connectivity index (χ1n) is 9.59. The quantitative estimate of drug-likeness (QED) is 0.220. The SMILES string of the molecule is COC(=O)/C([O-])=C(\C(=O)OC)[n+]1cc2cc3c(cc2c(Br)c1-c1ccc(OC)cc1)OCO3. The number of methoxy groups -OCH3 is 3. The number of hydrogen-bond donors (Lipinski definition) is 0. The number of benzene rings is 2. The minimum atomic E-state index is -1.20. The van der Waals surface area contributed by atoms with E-state index in [9.17, 15) is 14.7 Å². The number of pyridine rings is 1. The lowest BCUT2D eigenvalue weighted by molar-refractivity contribution is -0.570. The number of carbonyl (C=O) groups excluding carboxylic acids is 2. The summed E-state index contributed by atoms with van der Waals surface area (Å²) in [5.74, 6) is -1.67. The molecule has 1 aliphatic rings. The van der Waals surface area contributed by atoms with Crippen LogP contribution in [0, 0.1) is 0 Å². The minimum absolute atomic E-state index is 0.0783. The summed E-state index contributed by atoms with van der Waals surface area (Å²) >= 11 is 3.61. The molecule has 0 saturated heterocycles. The van der Waals surface area contributed by atoms with Crippen LogP contribution in [0.15, 0.2) is 52.8 Å². The molecule has 1 aliphatic heterocycles. The molecule has 0 amide bonds. The topological polar surface area (TPSA) is 107 Å². The fourth-order valence-electron chi connectivity index (χ4n) is 3.47. The van der Waals surface area contributed by atoms with E-state index in [0.29, 0.717) is 38.4 Å². The number of rotatable bonds is 5. The van der Waals surface area contributed by atoms with Crippen LogP contribution < -0.4 is 23.9 Å². The van der Waals surface area contributed by atoms with Gasteiger partial charge >= 0.3 is 11.9 Å². The molecule has 0 fully saturated rings. The third-order valence-electron chi connectivity index (χ3n) is 5.07. The Kier molecular flexibility index (Phi) is 6.10. The van der Waals surface area contributed by atoms with Crippen molar-refractivity contribution in [2.45, 2.75) is 0 Å². The van der Waals surface area contributed by atoms with Gasteiger partial charge in [0.1, 0.15) is 5.75 Å². The maximum absolute atomic E-state index is 12.9. The smallest absolute Gasteiger partial charge is 0.403 e. The first-order chi connectivity index (χ1) is 15.9. The predicted molar refractivity (Wildman–Crippen MR) is 117 cm³/mol. The molecule has 10 heteroatoms. The van der Waals surface area contributed by atoms with Crippen LogP contribution in [0.5, 0.6) is 17.2 Å². The van der Waals surface area contributed by atoms with Gasteiger partial charge in [-0.3, -0.25) is 0 Å². The Labute approximate surface area is 196 Å². The highest BCUT2D eigenvalue weighted by Crippen LogP contribution is 2.41. The van der Waals surface area contributed by atoms with Gasteiger partial charge in [0.05, 0.1) is 36.9 Å². The molecule has 33 heavy (non-hydrogen) atoms. The summed E-state index contributed by atoms with van der Waals surface area (Å²) in [6, 6.07) is 10.5. The second-order valence-electron chi connectivity index (χ2n) is 6.84. The fraction of sp³-hybridized carbons (Fsp3) is 0.174. The molecular weight excluding hydrogens is 498 g/mol. The molecule has 0 aliphatic carbocycles. The summed E-state index contributed by atoms with van der Waals surface area (Å²) in [5.41, 5.74) is 0.512. The van der Waals surface area contributed by atoms with Crippen molar-refractivity contribution in [3.63, 3.8) is 0 Å². The Morgan fingerprint density at radius 2 is 1.64 bits per heavy atom. The Balaban J connectivity index is 2.10. The van der Waals surface area contributed by atoms with E-state index >= 15 is 0 Å². The van der Waals surface area contributed by atoms with E-state index in [1.807, 2.05) is 0 Å². The summed E-state index contributed by atoms with van der Waals surface area (Å²) < 4.78 is 27.4. The molecule has 2 heterocycles. The van der Waals surface area contributed by atoms with Crippen LogP contribution in [0.3, 0.4) is 0 Å². The number of halogens is 1. The average molecular weight is 516 g/mol. The molecule has 0 spiro atoms. The Bertz CT molecular complexity index is 1300. The molecule has 0 radical (unpaired) electrons. The standard InChI is InChI=1S/C23H18BrNO8/c1-29-14-6-4-12(5-7-14)19-18(24)15-9-17-16(32-11-33-17)8-13(15)10-25(19)20(22(27)30-2)21(26)23(28)31-3/h4-10H,11H2,1-3H3. The second kappa shape index (κ2) is 8.99. The third kappa shape index (κ3) is 3.93. The van der Waals surface area contributed by atoms with Crippen LogP contribution in [-0.2, 0) is 19.1 Å². The monoisotopic (exact) mass is 515 g/mol. The predicted octanol–water partition coefficient (Wildman–Crippen LogP) is 2.17. The van der Waals surface area contributed by atoms with Crippen molar-refractivity contribution in [3.8, 4) is 28.5 Å². The fourth-order valence-corrected chi connectivity index (χ4v) is 4.23. The van der Waals surface area contributed by atoms with Gasteiger partial charge in [-0.25, -0.2) is 9.59 Å². The molecule has 0 saturated carbocycles. The van der Waals surface area contributed by atoms with Crippen LogP contribution in [0.4, 0.5) is 0 Å². The van der Waals surface area contributed by atoms with E-state index < -0.39 is 23.4 Å². The molecule has 1 aromatic heterocycles. The highest BCUT2D eigenvalue weighted by molar-refractivity contribution is 9.10. The lowest BCUT2D eigenvalue weighted by Crippen LogP contribution is -2.43. The normalized spacial score (nSPS) is 12.8. The third-order valence-corrected chi connectivity index (χ3v) is 5.87. The lowest BCUT2D eigenvalue weighted by Gasteiger charge is -2.15. The van der Waals surface area contributed by atoms with Gasteiger partial charge in [-0.15, -0.1) is 0 Å². The number of carbonyl (C=O) groups is 2. The Hall–Kier alpha value is -3.79. The molecular formula is C23H18BrNO8. The zero-order chi connectivity index (χ0) is 23.7. The molecule has 0 atom stereocenters. The van der Waals surface area contributed by atoms with E-state index in [4.69, 9.17) is 18.9 Å². The van der Waals surface area contributed by atoms with Gasteiger partial charge in [-0.2, -0.15) is 4.57 Å². The molecule has 0 bridgehead atoms. The summed E-state index contributed by atoms with van der Waals surface area (Å²) in [4.78, 5) is 24.8.